The fraction of sp³-hybridized carbons (Fsp3) is 0.241. The number of methoxy groups -OCH3 is 1. The van der Waals surface area contributed by atoms with E-state index in [1.807, 2.05) is 54.6 Å². The average molecular weight is 557 g/mol. The van der Waals surface area contributed by atoms with Crippen molar-refractivity contribution < 1.29 is 9.53 Å². The van der Waals surface area contributed by atoms with E-state index < -0.39 is 6.03 Å². The summed E-state index contributed by atoms with van der Waals surface area (Å²) in [5.74, 6) is 2.32. The molecule has 2 aliphatic heterocycles. The predicted molar refractivity (Wildman–Crippen MR) is 166 cm³/mol. The molecule has 3 aromatic carbocycles. The highest BCUT2D eigenvalue weighted by molar-refractivity contribution is 7.80. The number of hydrogen-bond acceptors (Lipinski definition) is 7. The zero-order valence-corrected chi connectivity index (χ0v) is 23.0. The van der Waals surface area contributed by atoms with Crippen LogP contribution >= 0.6 is 12.2 Å². The smallest absolute Gasteiger partial charge is 0.323 e. The Morgan fingerprint density at radius 2 is 1.27 bits per heavy atom. The van der Waals surface area contributed by atoms with Crippen LogP contribution in [0.25, 0.3) is 0 Å². The molecule has 206 valence electrons. The van der Waals surface area contributed by atoms with E-state index in [9.17, 15) is 4.79 Å². The SMILES string of the molecule is COc1ccc(NC(=S)Nc2ccc(C3=NCCCN3)cc2)cc1NC(=O)Nc1ccc(C2=NCCCN2)cc1. The number of anilines is 4. The third kappa shape index (κ3) is 7.06. The number of amides is 2. The molecule has 0 saturated heterocycles. The topological polar surface area (TPSA) is 123 Å². The summed E-state index contributed by atoms with van der Waals surface area (Å²) in [5.41, 5.74) is 4.73. The molecule has 0 fully saturated rings. The van der Waals surface area contributed by atoms with Crippen LogP contribution in [0.5, 0.6) is 5.75 Å². The maximum Gasteiger partial charge on any atom is 0.323 e. The Morgan fingerprint density at radius 3 is 1.80 bits per heavy atom. The lowest BCUT2D eigenvalue weighted by atomic mass is 10.1. The summed E-state index contributed by atoms with van der Waals surface area (Å²) in [6, 6.07) is 20.4. The van der Waals surface area contributed by atoms with Gasteiger partial charge in [0.2, 0.25) is 0 Å². The van der Waals surface area contributed by atoms with Gasteiger partial charge in [-0.25, -0.2) is 4.79 Å². The van der Waals surface area contributed by atoms with E-state index in [2.05, 4.69) is 41.9 Å². The molecule has 40 heavy (non-hydrogen) atoms. The number of benzene rings is 3. The number of aliphatic imine (C=N–C) groups is 2. The number of thiocarbonyl (C=S) groups is 1. The standard InChI is InChI=1S/C29H32N8O2S/c1-39-25-13-12-23(36-29(40)35-22-10-6-20(7-11-22)27-32-16-3-17-33-27)18-24(25)37-28(38)34-21-8-4-19(5-9-21)26-30-14-2-15-31-26/h4-13,18H,2-3,14-17H2,1H3,(H,30,31)(H,32,33)(H2,34,37,38)(H2,35,36,40). The van der Waals surface area contributed by atoms with Crippen molar-refractivity contribution >= 4 is 57.8 Å². The second-order valence-electron chi connectivity index (χ2n) is 9.25. The number of amidine groups is 2. The highest BCUT2D eigenvalue weighted by atomic mass is 32.1. The summed E-state index contributed by atoms with van der Waals surface area (Å²) >= 11 is 5.51. The number of carbonyl (C=O) groups excluding carboxylic acids is 1. The van der Waals surface area contributed by atoms with E-state index in [0.717, 1.165) is 67.5 Å². The van der Waals surface area contributed by atoms with Gasteiger partial charge in [-0.2, -0.15) is 0 Å². The highest BCUT2D eigenvalue weighted by Crippen LogP contribution is 2.28. The maximum absolute atomic E-state index is 12.8. The van der Waals surface area contributed by atoms with Crippen molar-refractivity contribution in [1.29, 1.82) is 0 Å². The largest absolute Gasteiger partial charge is 0.495 e. The Kier molecular flexibility index (Phi) is 8.72. The van der Waals surface area contributed by atoms with Crippen LogP contribution in [-0.2, 0) is 0 Å². The van der Waals surface area contributed by atoms with Gasteiger partial charge in [0.15, 0.2) is 5.11 Å². The monoisotopic (exact) mass is 556 g/mol. The first kappa shape index (κ1) is 26.9. The van der Waals surface area contributed by atoms with Crippen LogP contribution in [0.2, 0.25) is 0 Å². The van der Waals surface area contributed by atoms with E-state index in [1.54, 1.807) is 19.2 Å². The second-order valence-corrected chi connectivity index (χ2v) is 9.66. The highest BCUT2D eigenvalue weighted by Gasteiger charge is 2.12. The molecule has 0 unspecified atom stereocenters. The molecule has 2 aliphatic rings. The molecule has 0 aliphatic carbocycles. The van der Waals surface area contributed by atoms with Gasteiger partial charge in [0, 0.05) is 54.4 Å². The quantitative estimate of drug-likeness (QED) is 0.235. The number of rotatable bonds is 7. The van der Waals surface area contributed by atoms with Crippen LogP contribution in [0, 0.1) is 0 Å². The zero-order chi connectivity index (χ0) is 27.7. The van der Waals surface area contributed by atoms with Crippen molar-refractivity contribution in [3.8, 4) is 5.75 Å². The number of urea groups is 1. The van der Waals surface area contributed by atoms with Gasteiger partial charge in [-0.3, -0.25) is 9.98 Å². The Morgan fingerprint density at radius 1 is 0.750 bits per heavy atom. The van der Waals surface area contributed by atoms with Crippen molar-refractivity contribution in [3.63, 3.8) is 0 Å². The molecule has 6 N–H and O–H groups in total. The Hall–Kier alpha value is -4.64. The summed E-state index contributed by atoms with van der Waals surface area (Å²) in [4.78, 5) is 21.8. The summed E-state index contributed by atoms with van der Waals surface area (Å²) in [7, 11) is 1.55. The number of carbonyl (C=O) groups is 1. The second kappa shape index (κ2) is 12.9. The number of nitrogens with one attached hydrogen (secondary N) is 6. The van der Waals surface area contributed by atoms with Crippen LogP contribution in [0.1, 0.15) is 24.0 Å². The molecule has 2 amide bonds. The van der Waals surface area contributed by atoms with Crippen LogP contribution < -0.4 is 36.6 Å². The van der Waals surface area contributed by atoms with Crippen LogP contribution in [-0.4, -0.2) is 56.1 Å². The lowest BCUT2D eigenvalue weighted by molar-refractivity contribution is 0.262. The van der Waals surface area contributed by atoms with E-state index in [-0.39, 0.29) is 0 Å². The molecule has 2 heterocycles. The van der Waals surface area contributed by atoms with E-state index in [1.165, 1.54) is 0 Å². The molecule has 0 bridgehead atoms. The van der Waals surface area contributed by atoms with Gasteiger partial charge in [-0.15, -0.1) is 0 Å². The molecule has 0 aromatic heterocycles. The van der Waals surface area contributed by atoms with Crippen molar-refractivity contribution in [2.24, 2.45) is 9.98 Å². The fourth-order valence-electron chi connectivity index (χ4n) is 4.34. The Labute approximate surface area is 238 Å². The summed E-state index contributed by atoms with van der Waals surface area (Å²) in [5, 5.41) is 19.1. The summed E-state index contributed by atoms with van der Waals surface area (Å²) in [6.07, 6.45) is 2.09. The normalized spacial score (nSPS) is 14.4. The zero-order valence-electron chi connectivity index (χ0n) is 22.2. The molecule has 0 spiro atoms. The number of nitrogens with zero attached hydrogens (tertiary/aromatic N) is 2. The van der Waals surface area contributed by atoms with E-state index in [4.69, 9.17) is 17.0 Å². The van der Waals surface area contributed by atoms with Gasteiger partial charge in [0.25, 0.3) is 0 Å². The third-order valence-electron chi connectivity index (χ3n) is 6.33. The molecule has 0 saturated carbocycles. The number of ether oxygens (including phenoxy) is 1. The number of hydrogen-bond donors (Lipinski definition) is 6. The first-order chi connectivity index (χ1) is 19.6. The summed E-state index contributed by atoms with van der Waals surface area (Å²) in [6.45, 7) is 3.52. The molecule has 3 aromatic rings. The van der Waals surface area contributed by atoms with Gasteiger partial charge in [-0.1, -0.05) is 0 Å². The van der Waals surface area contributed by atoms with Crippen LogP contribution in [0.4, 0.5) is 27.5 Å². The Balaban J connectivity index is 1.18. The maximum atomic E-state index is 12.8. The van der Waals surface area contributed by atoms with E-state index >= 15 is 0 Å². The van der Waals surface area contributed by atoms with Gasteiger partial charge >= 0.3 is 6.03 Å². The first-order valence-corrected chi connectivity index (χ1v) is 13.6. The van der Waals surface area contributed by atoms with Crippen LogP contribution in [0.3, 0.4) is 0 Å². The summed E-state index contributed by atoms with van der Waals surface area (Å²) < 4.78 is 5.44. The molecule has 11 heteroatoms. The molecular formula is C29H32N8O2S. The molecule has 0 radical (unpaired) electrons. The minimum Gasteiger partial charge on any atom is -0.495 e. The molecule has 10 nitrogen and oxygen atoms in total. The van der Waals surface area contributed by atoms with E-state index in [0.29, 0.717) is 27.9 Å². The van der Waals surface area contributed by atoms with Gasteiger partial charge < -0.3 is 36.6 Å². The predicted octanol–water partition coefficient (Wildman–Crippen LogP) is 4.63. The lowest BCUT2D eigenvalue weighted by Gasteiger charge is -2.16. The minimum atomic E-state index is -0.394. The molecule has 0 atom stereocenters. The van der Waals surface area contributed by atoms with Crippen molar-refractivity contribution in [1.82, 2.24) is 10.6 Å². The van der Waals surface area contributed by atoms with Crippen molar-refractivity contribution in [2.45, 2.75) is 12.8 Å². The molecule has 5 rings (SSSR count). The van der Waals surface area contributed by atoms with Gasteiger partial charge in [-0.05, 0) is 91.8 Å². The Bertz CT molecular complexity index is 1420. The minimum absolute atomic E-state index is 0.394. The fourth-order valence-corrected chi connectivity index (χ4v) is 4.57. The van der Waals surface area contributed by atoms with Gasteiger partial charge in [0.1, 0.15) is 17.4 Å². The van der Waals surface area contributed by atoms with Crippen molar-refractivity contribution in [2.75, 3.05) is 54.6 Å². The molecular weight excluding hydrogens is 524 g/mol. The van der Waals surface area contributed by atoms with Crippen LogP contribution in [0.15, 0.2) is 76.7 Å². The lowest BCUT2D eigenvalue weighted by Crippen LogP contribution is -2.30. The first-order valence-electron chi connectivity index (χ1n) is 13.2. The third-order valence-corrected chi connectivity index (χ3v) is 6.54. The van der Waals surface area contributed by atoms with Gasteiger partial charge in [0.05, 0.1) is 12.8 Å². The van der Waals surface area contributed by atoms with Crippen molar-refractivity contribution in [3.05, 3.63) is 77.9 Å². The average Bonchev–Trinajstić information content (AvgIpc) is 2.99.